The van der Waals surface area contributed by atoms with Crippen LogP contribution in [0.5, 0.6) is 5.75 Å². The molecular formula is C26H23N3O7. The third kappa shape index (κ3) is 5.61. The number of para-hydroxylation sites is 1. The third-order valence-electron chi connectivity index (χ3n) is 5.28. The number of benzene rings is 2. The van der Waals surface area contributed by atoms with Crippen molar-refractivity contribution < 1.29 is 33.1 Å². The summed E-state index contributed by atoms with van der Waals surface area (Å²) >= 11 is 0. The number of urea groups is 1. The Balaban J connectivity index is 1.38. The largest absolute Gasteiger partial charge is 0.484 e. The fourth-order valence-electron chi connectivity index (χ4n) is 3.45. The number of carbonyl (C=O) groups excluding carboxylic acids is 4. The predicted octanol–water partition coefficient (Wildman–Crippen LogP) is 3.49. The minimum atomic E-state index is -0.659. The molecule has 1 aromatic heterocycles. The standard InChI is InChI=1S/C26H23N3O7/c1-16-6-3-4-9-20(16)27-23(30)15-35-18-8-5-7-17(12-18)13-21-24(31)29(26(33)28-21)14-19-10-11-22(36-19)25(32)34-2/h3-13H,14-15H2,1-2H3,(H,27,30)(H,28,33). The first-order valence-electron chi connectivity index (χ1n) is 10.9. The van der Waals surface area contributed by atoms with Crippen molar-refractivity contribution in [2.75, 3.05) is 19.0 Å². The van der Waals surface area contributed by atoms with Crippen LogP contribution < -0.4 is 15.4 Å². The van der Waals surface area contributed by atoms with Gasteiger partial charge in [0.05, 0.1) is 13.7 Å². The van der Waals surface area contributed by atoms with E-state index in [4.69, 9.17) is 9.15 Å². The van der Waals surface area contributed by atoms with Gasteiger partial charge >= 0.3 is 12.0 Å². The van der Waals surface area contributed by atoms with E-state index >= 15 is 0 Å². The van der Waals surface area contributed by atoms with Gasteiger partial charge in [0.15, 0.2) is 6.61 Å². The zero-order chi connectivity index (χ0) is 25.7. The first kappa shape index (κ1) is 24.3. The number of furan rings is 1. The van der Waals surface area contributed by atoms with Gasteiger partial charge in [0.25, 0.3) is 11.8 Å². The summed E-state index contributed by atoms with van der Waals surface area (Å²) in [5, 5.41) is 5.32. The van der Waals surface area contributed by atoms with Crippen molar-refractivity contribution in [1.29, 1.82) is 0 Å². The maximum atomic E-state index is 12.8. The molecule has 4 rings (SSSR count). The van der Waals surface area contributed by atoms with Gasteiger partial charge in [-0.05, 0) is 54.5 Å². The molecule has 10 nitrogen and oxygen atoms in total. The lowest BCUT2D eigenvalue weighted by molar-refractivity contribution is -0.123. The van der Waals surface area contributed by atoms with Crippen LogP contribution in [0.25, 0.3) is 6.08 Å². The highest BCUT2D eigenvalue weighted by atomic mass is 16.5. The zero-order valence-electron chi connectivity index (χ0n) is 19.6. The summed E-state index contributed by atoms with van der Waals surface area (Å²) in [6.07, 6.45) is 1.50. The Morgan fingerprint density at radius 3 is 2.67 bits per heavy atom. The SMILES string of the molecule is COC(=O)c1ccc(CN2C(=O)NC(=Cc3cccc(OCC(=O)Nc4ccccc4C)c3)C2=O)o1. The average molecular weight is 489 g/mol. The molecule has 1 saturated heterocycles. The Morgan fingerprint density at radius 1 is 1.08 bits per heavy atom. The Bertz CT molecular complexity index is 1360. The number of hydrogen-bond donors (Lipinski definition) is 2. The number of ether oxygens (including phenoxy) is 2. The number of aryl methyl sites for hydroxylation is 1. The summed E-state index contributed by atoms with van der Waals surface area (Å²) in [5.41, 5.74) is 2.30. The number of carbonyl (C=O) groups is 4. The second-order valence-corrected chi connectivity index (χ2v) is 7.86. The summed E-state index contributed by atoms with van der Waals surface area (Å²) in [5.74, 6) is -0.882. The molecule has 0 unspecified atom stereocenters. The maximum Gasteiger partial charge on any atom is 0.373 e. The van der Waals surface area contributed by atoms with Gasteiger partial charge in [-0.1, -0.05) is 30.3 Å². The lowest BCUT2D eigenvalue weighted by Gasteiger charge is -2.10. The molecule has 4 amide bonds. The molecular weight excluding hydrogens is 466 g/mol. The van der Waals surface area contributed by atoms with E-state index in [1.807, 2.05) is 25.1 Å². The van der Waals surface area contributed by atoms with E-state index in [0.29, 0.717) is 17.0 Å². The molecule has 0 radical (unpaired) electrons. The molecule has 0 spiro atoms. The van der Waals surface area contributed by atoms with Gasteiger partial charge in [-0.3, -0.25) is 14.5 Å². The number of hydrogen-bond acceptors (Lipinski definition) is 7. The Hall–Kier alpha value is -4.86. The Morgan fingerprint density at radius 2 is 1.89 bits per heavy atom. The van der Waals surface area contributed by atoms with Crippen LogP contribution in [-0.4, -0.2) is 42.4 Å². The Labute approximate surface area is 206 Å². The van der Waals surface area contributed by atoms with Crippen LogP contribution in [0.3, 0.4) is 0 Å². The van der Waals surface area contributed by atoms with Crippen LogP contribution in [0, 0.1) is 6.92 Å². The van der Waals surface area contributed by atoms with Crippen LogP contribution in [0.2, 0.25) is 0 Å². The molecule has 1 aliphatic rings. The number of imide groups is 1. The van der Waals surface area contributed by atoms with Crippen LogP contribution in [0.1, 0.15) is 27.4 Å². The van der Waals surface area contributed by atoms with Crippen molar-refractivity contribution in [2.24, 2.45) is 0 Å². The van der Waals surface area contributed by atoms with Gasteiger partial charge < -0.3 is 24.5 Å². The topological polar surface area (TPSA) is 127 Å². The highest BCUT2D eigenvalue weighted by molar-refractivity contribution is 6.13. The molecule has 1 aliphatic heterocycles. The number of anilines is 1. The van der Waals surface area contributed by atoms with Gasteiger partial charge in [0, 0.05) is 5.69 Å². The molecule has 2 heterocycles. The summed E-state index contributed by atoms with van der Waals surface area (Å²) in [6.45, 7) is 1.54. The minimum Gasteiger partial charge on any atom is -0.484 e. The number of esters is 1. The van der Waals surface area contributed by atoms with Crippen molar-refractivity contribution >= 4 is 35.6 Å². The van der Waals surface area contributed by atoms with Crippen LogP contribution >= 0.6 is 0 Å². The fourth-order valence-corrected chi connectivity index (χ4v) is 3.45. The summed E-state index contributed by atoms with van der Waals surface area (Å²) < 4.78 is 15.5. The molecule has 36 heavy (non-hydrogen) atoms. The van der Waals surface area contributed by atoms with E-state index in [-0.39, 0.29) is 36.3 Å². The number of amides is 4. The fraction of sp³-hybridized carbons (Fsp3) is 0.154. The highest BCUT2D eigenvalue weighted by Gasteiger charge is 2.34. The molecule has 184 valence electrons. The third-order valence-corrected chi connectivity index (χ3v) is 5.28. The molecule has 2 N–H and O–H groups in total. The van der Waals surface area contributed by atoms with E-state index in [9.17, 15) is 19.2 Å². The summed E-state index contributed by atoms with van der Waals surface area (Å²) in [6, 6.07) is 16.4. The predicted molar refractivity (Wildman–Crippen MR) is 129 cm³/mol. The number of rotatable bonds is 8. The van der Waals surface area contributed by atoms with Gasteiger partial charge in [0.1, 0.15) is 17.2 Å². The van der Waals surface area contributed by atoms with E-state index in [1.54, 1.807) is 30.3 Å². The first-order valence-corrected chi connectivity index (χ1v) is 10.9. The normalized spacial score (nSPS) is 14.1. The molecule has 0 atom stereocenters. The molecule has 2 aromatic carbocycles. The first-order chi connectivity index (χ1) is 17.3. The second kappa shape index (κ2) is 10.6. The van der Waals surface area contributed by atoms with E-state index in [2.05, 4.69) is 15.4 Å². The zero-order valence-corrected chi connectivity index (χ0v) is 19.6. The number of nitrogens with one attached hydrogen (secondary N) is 2. The van der Waals surface area contributed by atoms with Crippen molar-refractivity contribution in [3.05, 3.63) is 89.0 Å². The van der Waals surface area contributed by atoms with Crippen molar-refractivity contribution in [2.45, 2.75) is 13.5 Å². The van der Waals surface area contributed by atoms with Gasteiger partial charge in [-0.15, -0.1) is 0 Å². The smallest absolute Gasteiger partial charge is 0.373 e. The summed E-state index contributed by atoms with van der Waals surface area (Å²) in [4.78, 5) is 49.9. The van der Waals surface area contributed by atoms with E-state index in [0.717, 1.165) is 10.5 Å². The van der Waals surface area contributed by atoms with Crippen LogP contribution in [0.4, 0.5) is 10.5 Å². The quantitative estimate of drug-likeness (QED) is 0.282. The average Bonchev–Trinajstić information content (AvgIpc) is 3.44. The number of methoxy groups -OCH3 is 1. The van der Waals surface area contributed by atoms with Crippen LogP contribution in [-0.2, 0) is 20.9 Å². The lowest BCUT2D eigenvalue weighted by Crippen LogP contribution is -2.30. The molecule has 1 fully saturated rings. The van der Waals surface area contributed by atoms with Crippen molar-refractivity contribution in [3.8, 4) is 5.75 Å². The minimum absolute atomic E-state index is 0.0280. The maximum absolute atomic E-state index is 12.8. The van der Waals surface area contributed by atoms with Crippen LogP contribution in [0.15, 0.2) is 70.8 Å². The molecule has 0 bridgehead atoms. The molecule has 3 aromatic rings. The van der Waals surface area contributed by atoms with E-state index < -0.39 is 17.9 Å². The molecule has 10 heteroatoms. The van der Waals surface area contributed by atoms with Crippen molar-refractivity contribution in [1.82, 2.24) is 10.2 Å². The second-order valence-electron chi connectivity index (χ2n) is 7.86. The monoisotopic (exact) mass is 489 g/mol. The lowest BCUT2D eigenvalue weighted by atomic mass is 10.2. The van der Waals surface area contributed by atoms with Crippen molar-refractivity contribution in [3.63, 3.8) is 0 Å². The highest BCUT2D eigenvalue weighted by Crippen LogP contribution is 2.21. The molecule has 0 aliphatic carbocycles. The van der Waals surface area contributed by atoms with E-state index in [1.165, 1.54) is 25.3 Å². The van der Waals surface area contributed by atoms with Gasteiger partial charge in [-0.2, -0.15) is 0 Å². The summed E-state index contributed by atoms with van der Waals surface area (Å²) in [7, 11) is 1.22. The number of nitrogens with zero attached hydrogens (tertiary/aromatic N) is 1. The Kier molecular flexibility index (Phi) is 7.15. The molecule has 0 saturated carbocycles. The van der Waals surface area contributed by atoms with Gasteiger partial charge in [0.2, 0.25) is 5.76 Å². The van der Waals surface area contributed by atoms with Gasteiger partial charge in [-0.25, -0.2) is 9.59 Å².